The predicted molar refractivity (Wildman–Crippen MR) is 80.2 cm³/mol. The molecule has 0 atom stereocenters. The number of halogens is 2. The number of thiophene rings is 1. The molecule has 2 heterocycles. The van der Waals surface area contributed by atoms with Gasteiger partial charge in [-0.3, -0.25) is 0 Å². The van der Waals surface area contributed by atoms with Crippen molar-refractivity contribution in [3.05, 3.63) is 45.5 Å². The average molecular weight is 317 g/mol. The quantitative estimate of drug-likeness (QED) is 0.767. The lowest BCUT2D eigenvalue weighted by molar-refractivity contribution is 0.251. The van der Waals surface area contributed by atoms with Crippen LogP contribution in [0.3, 0.4) is 0 Å². The van der Waals surface area contributed by atoms with E-state index in [0.29, 0.717) is 24.1 Å². The normalized spacial score (nSPS) is 11.4. The highest BCUT2D eigenvalue weighted by Crippen LogP contribution is 2.21. The van der Waals surface area contributed by atoms with E-state index in [4.69, 9.17) is 4.42 Å². The van der Waals surface area contributed by atoms with Gasteiger partial charge in [0.2, 0.25) is 0 Å². The Bertz CT molecular complexity index is 525. The summed E-state index contributed by atoms with van der Waals surface area (Å²) in [7, 11) is 0. The monoisotopic (exact) mass is 317 g/mol. The molecule has 0 bridgehead atoms. The van der Waals surface area contributed by atoms with Gasteiger partial charge in [0.1, 0.15) is 11.5 Å². The van der Waals surface area contributed by atoms with Crippen LogP contribution in [0.2, 0.25) is 0 Å². The number of thioether (sulfide) groups is 1. The minimum Gasteiger partial charge on any atom is -0.464 e. The van der Waals surface area contributed by atoms with Gasteiger partial charge in [-0.1, -0.05) is 18.7 Å². The lowest BCUT2D eigenvalue weighted by atomic mass is 10.2. The van der Waals surface area contributed by atoms with E-state index < -0.39 is 5.76 Å². The zero-order valence-electron chi connectivity index (χ0n) is 11.2. The summed E-state index contributed by atoms with van der Waals surface area (Å²) in [6, 6.07) is 5.74. The fourth-order valence-electron chi connectivity index (χ4n) is 1.88. The number of hydrogen-bond acceptors (Lipinski definition) is 4. The van der Waals surface area contributed by atoms with Crippen LogP contribution in [0.25, 0.3) is 0 Å². The topological polar surface area (TPSA) is 25.2 Å². The number of aryl methyl sites for hydroxylation is 1. The molecule has 2 aromatic rings. The molecule has 0 aliphatic carbocycles. The number of rotatable bonds is 8. The van der Waals surface area contributed by atoms with Crippen molar-refractivity contribution >= 4 is 23.1 Å². The zero-order chi connectivity index (χ0) is 14.4. The second kappa shape index (κ2) is 7.81. The summed E-state index contributed by atoms with van der Waals surface area (Å²) in [4.78, 5) is 1.34. The molecule has 0 spiro atoms. The summed E-state index contributed by atoms with van der Waals surface area (Å²) < 4.78 is 29.6. The molecule has 1 N–H and O–H groups in total. The highest BCUT2D eigenvalue weighted by molar-refractivity contribution is 7.98. The van der Waals surface area contributed by atoms with Crippen LogP contribution in [0, 0.1) is 0 Å². The first kappa shape index (κ1) is 15.5. The van der Waals surface area contributed by atoms with Gasteiger partial charge in [-0.15, -0.1) is 11.3 Å². The first-order chi connectivity index (χ1) is 9.69. The van der Waals surface area contributed by atoms with Crippen LogP contribution in [0.1, 0.15) is 28.9 Å². The van der Waals surface area contributed by atoms with Crippen LogP contribution in [-0.4, -0.2) is 5.76 Å². The molecule has 2 rings (SSSR count). The summed E-state index contributed by atoms with van der Waals surface area (Å²) in [5.74, 6) is -0.766. The molecule has 0 unspecified atom stereocenters. The third-order valence-corrected chi connectivity index (χ3v) is 4.54. The maximum atomic E-state index is 12.1. The Labute approximate surface area is 125 Å². The molecule has 0 saturated heterocycles. The molecule has 0 aromatic carbocycles. The Hall–Kier alpha value is -0.850. The number of nitrogens with one attached hydrogen (secondary N) is 1. The molecule has 20 heavy (non-hydrogen) atoms. The van der Waals surface area contributed by atoms with E-state index in [-0.39, 0.29) is 5.75 Å². The fraction of sp³-hybridized carbons (Fsp3) is 0.429. The Morgan fingerprint density at radius 1 is 1.25 bits per heavy atom. The van der Waals surface area contributed by atoms with Gasteiger partial charge >= 0.3 is 0 Å². The van der Waals surface area contributed by atoms with Crippen molar-refractivity contribution in [2.75, 3.05) is 0 Å². The molecule has 110 valence electrons. The molecule has 0 radical (unpaired) electrons. The minimum absolute atomic E-state index is 0.211. The van der Waals surface area contributed by atoms with Gasteiger partial charge in [0.15, 0.2) is 0 Å². The van der Waals surface area contributed by atoms with Gasteiger partial charge in [-0.05, 0) is 35.6 Å². The smallest absolute Gasteiger partial charge is 0.284 e. The Balaban J connectivity index is 1.77. The van der Waals surface area contributed by atoms with Gasteiger partial charge in [0.25, 0.3) is 5.76 Å². The van der Waals surface area contributed by atoms with Crippen LogP contribution in [0.5, 0.6) is 0 Å². The Kier molecular flexibility index (Phi) is 6.06. The van der Waals surface area contributed by atoms with Crippen molar-refractivity contribution in [3.8, 4) is 0 Å². The predicted octanol–water partition coefficient (Wildman–Crippen LogP) is 4.65. The molecule has 0 aliphatic heterocycles. The van der Waals surface area contributed by atoms with E-state index in [1.165, 1.54) is 10.4 Å². The van der Waals surface area contributed by atoms with Crippen molar-refractivity contribution in [2.45, 2.75) is 37.9 Å². The molecule has 0 amide bonds. The van der Waals surface area contributed by atoms with Crippen molar-refractivity contribution in [1.82, 2.24) is 5.32 Å². The second-order valence-corrected chi connectivity index (χ2v) is 6.24. The summed E-state index contributed by atoms with van der Waals surface area (Å²) in [5, 5.41) is 5.42. The van der Waals surface area contributed by atoms with Crippen molar-refractivity contribution < 1.29 is 13.2 Å². The largest absolute Gasteiger partial charge is 0.464 e. The highest BCUT2D eigenvalue weighted by atomic mass is 32.2. The first-order valence-corrected chi connectivity index (χ1v) is 8.35. The first-order valence-electron chi connectivity index (χ1n) is 6.42. The highest BCUT2D eigenvalue weighted by Gasteiger charge is 2.07. The third-order valence-electron chi connectivity index (χ3n) is 2.87. The summed E-state index contributed by atoms with van der Waals surface area (Å²) >= 11 is 2.32. The van der Waals surface area contributed by atoms with E-state index >= 15 is 0 Å². The lowest BCUT2D eigenvalue weighted by Crippen LogP contribution is -2.12. The van der Waals surface area contributed by atoms with Crippen LogP contribution < -0.4 is 5.32 Å². The van der Waals surface area contributed by atoms with Gasteiger partial charge in [0.05, 0.1) is 12.3 Å². The van der Waals surface area contributed by atoms with E-state index in [9.17, 15) is 8.78 Å². The van der Waals surface area contributed by atoms with Crippen molar-refractivity contribution in [3.63, 3.8) is 0 Å². The Morgan fingerprint density at radius 2 is 2.05 bits per heavy atom. The van der Waals surface area contributed by atoms with Crippen molar-refractivity contribution in [2.24, 2.45) is 0 Å². The maximum absolute atomic E-state index is 12.1. The molecular weight excluding hydrogens is 300 g/mol. The summed E-state index contributed by atoms with van der Waals surface area (Å²) in [6.07, 6.45) is 1.04. The van der Waals surface area contributed by atoms with Crippen LogP contribution in [0.15, 0.2) is 28.0 Å². The zero-order valence-corrected chi connectivity index (χ0v) is 12.8. The molecule has 0 fully saturated rings. The van der Waals surface area contributed by atoms with Gasteiger partial charge < -0.3 is 9.73 Å². The van der Waals surface area contributed by atoms with Gasteiger partial charge in [-0.25, -0.2) is 0 Å². The van der Waals surface area contributed by atoms with E-state index in [0.717, 1.165) is 18.7 Å². The SMILES string of the molecule is CCc1ccsc1CNCc1ccc(CSC(F)F)o1. The standard InChI is InChI=1S/C14H17F2NOS2/c1-2-10-5-6-19-13(10)8-17-7-11-3-4-12(18-11)9-20-14(15)16/h3-6,14,17H,2,7-9H2,1H3. The molecular formula is C14H17F2NOS2. The third kappa shape index (κ3) is 4.61. The van der Waals surface area contributed by atoms with Gasteiger partial charge in [-0.2, -0.15) is 8.78 Å². The molecule has 0 aliphatic rings. The van der Waals surface area contributed by atoms with Crippen molar-refractivity contribution in [1.29, 1.82) is 0 Å². The lowest BCUT2D eigenvalue weighted by Gasteiger charge is -2.03. The minimum atomic E-state index is -2.35. The van der Waals surface area contributed by atoms with E-state index in [2.05, 4.69) is 23.7 Å². The van der Waals surface area contributed by atoms with E-state index in [1.54, 1.807) is 17.4 Å². The summed E-state index contributed by atoms with van der Waals surface area (Å²) in [5.41, 5.74) is 1.37. The number of alkyl halides is 2. The summed E-state index contributed by atoms with van der Waals surface area (Å²) in [6.45, 7) is 3.56. The van der Waals surface area contributed by atoms with Crippen LogP contribution in [-0.2, 0) is 25.3 Å². The average Bonchev–Trinajstić information content (AvgIpc) is 3.05. The fourth-order valence-corrected chi connectivity index (χ4v) is 3.27. The van der Waals surface area contributed by atoms with Gasteiger partial charge in [0, 0.05) is 11.4 Å². The van der Waals surface area contributed by atoms with Crippen LogP contribution in [0.4, 0.5) is 8.78 Å². The van der Waals surface area contributed by atoms with Crippen LogP contribution >= 0.6 is 23.1 Å². The number of furan rings is 1. The number of hydrogen-bond donors (Lipinski definition) is 1. The maximum Gasteiger partial charge on any atom is 0.284 e. The Morgan fingerprint density at radius 3 is 2.80 bits per heavy atom. The molecule has 2 nitrogen and oxygen atoms in total. The molecule has 2 aromatic heterocycles. The second-order valence-electron chi connectivity index (χ2n) is 4.27. The molecule has 6 heteroatoms. The van der Waals surface area contributed by atoms with E-state index in [1.807, 2.05) is 6.07 Å². The molecule has 0 saturated carbocycles.